The maximum Gasteiger partial charge on any atom is 0.263 e. The predicted octanol–water partition coefficient (Wildman–Crippen LogP) is 2.61. The Hall–Kier alpha value is -1.40. The topological polar surface area (TPSA) is 43.9 Å². The van der Waals surface area contributed by atoms with E-state index in [-0.39, 0.29) is 11.3 Å². The van der Waals surface area contributed by atoms with E-state index in [1.807, 2.05) is 24.0 Å². The van der Waals surface area contributed by atoms with Gasteiger partial charge in [-0.15, -0.1) is 11.3 Å². The molecule has 142 valence electrons. The number of piperidine rings is 2. The highest BCUT2D eigenvalue weighted by atomic mass is 32.1. The molecule has 0 bridgehead atoms. The van der Waals surface area contributed by atoms with Crippen molar-refractivity contribution < 1.29 is 9.59 Å². The van der Waals surface area contributed by atoms with Gasteiger partial charge in [0.2, 0.25) is 5.91 Å². The molecular formula is C20H29N3O2S. The van der Waals surface area contributed by atoms with Gasteiger partial charge in [0.1, 0.15) is 0 Å². The highest BCUT2D eigenvalue weighted by Crippen LogP contribution is 2.41. The van der Waals surface area contributed by atoms with E-state index < -0.39 is 0 Å². The van der Waals surface area contributed by atoms with Crippen LogP contribution in [0, 0.1) is 12.3 Å². The molecule has 2 amide bonds. The Kier molecular flexibility index (Phi) is 4.82. The smallest absolute Gasteiger partial charge is 0.263 e. The number of likely N-dealkylation sites (N-methyl/N-ethyl adjacent to an activating group) is 1. The average Bonchev–Trinajstić information content (AvgIpc) is 3.26. The fourth-order valence-electron chi connectivity index (χ4n) is 4.84. The van der Waals surface area contributed by atoms with E-state index in [9.17, 15) is 9.59 Å². The van der Waals surface area contributed by atoms with Crippen LogP contribution in [0.5, 0.6) is 0 Å². The second-order valence-corrected chi connectivity index (χ2v) is 9.72. The highest BCUT2D eigenvalue weighted by molar-refractivity contribution is 7.13. The van der Waals surface area contributed by atoms with Gasteiger partial charge in [0, 0.05) is 43.5 Å². The van der Waals surface area contributed by atoms with E-state index >= 15 is 0 Å². The van der Waals surface area contributed by atoms with Crippen molar-refractivity contribution >= 4 is 23.2 Å². The van der Waals surface area contributed by atoms with Crippen LogP contribution >= 0.6 is 11.3 Å². The minimum atomic E-state index is 0.180. The normalized spacial score (nSPS) is 26.7. The van der Waals surface area contributed by atoms with E-state index in [1.54, 1.807) is 11.3 Å². The second-order valence-electron chi connectivity index (χ2n) is 8.43. The average molecular weight is 376 g/mol. The van der Waals surface area contributed by atoms with Gasteiger partial charge in [-0.3, -0.25) is 9.59 Å². The van der Waals surface area contributed by atoms with Crippen molar-refractivity contribution in [3.8, 4) is 0 Å². The number of carbonyl (C=O) groups is 2. The molecule has 6 heteroatoms. The summed E-state index contributed by atoms with van der Waals surface area (Å²) in [6.07, 6.45) is 4.81. The van der Waals surface area contributed by atoms with E-state index in [4.69, 9.17) is 0 Å². The summed E-state index contributed by atoms with van der Waals surface area (Å²) in [7, 11) is 2.14. The zero-order chi connectivity index (χ0) is 18.3. The number of amides is 2. The van der Waals surface area contributed by atoms with E-state index in [0.29, 0.717) is 18.4 Å². The molecule has 0 aromatic carbocycles. The fourth-order valence-corrected chi connectivity index (χ4v) is 5.68. The lowest BCUT2D eigenvalue weighted by Gasteiger charge is -2.48. The van der Waals surface area contributed by atoms with Crippen LogP contribution in [0.3, 0.4) is 0 Å². The van der Waals surface area contributed by atoms with Crippen LogP contribution in [0.15, 0.2) is 12.1 Å². The van der Waals surface area contributed by atoms with Crippen LogP contribution in [0.1, 0.15) is 46.7 Å². The molecule has 1 aromatic rings. The molecule has 3 saturated heterocycles. The van der Waals surface area contributed by atoms with E-state index in [0.717, 1.165) is 63.3 Å². The number of carbonyl (C=O) groups excluding carboxylic acids is 2. The third kappa shape index (κ3) is 3.41. The van der Waals surface area contributed by atoms with Gasteiger partial charge in [-0.2, -0.15) is 0 Å². The van der Waals surface area contributed by atoms with Crippen molar-refractivity contribution in [1.29, 1.82) is 0 Å². The fraction of sp³-hybridized carbons (Fsp3) is 0.700. The van der Waals surface area contributed by atoms with Gasteiger partial charge in [0.05, 0.1) is 4.88 Å². The molecule has 1 aromatic heterocycles. The maximum atomic E-state index is 12.7. The largest absolute Gasteiger partial charge is 0.338 e. The monoisotopic (exact) mass is 375 g/mol. The SMILES string of the molecule is Cc1ccc(C(=O)N2CCC3(CCC(=O)N([C@@H]4CCN(C)C4)C3)CC2)s1. The van der Waals surface area contributed by atoms with Crippen molar-refractivity contribution in [2.75, 3.05) is 39.8 Å². The van der Waals surface area contributed by atoms with E-state index in [2.05, 4.69) is 16.8 Å². The van der Waals surface area contributed by atoms with E-state index in [1.165, 1.54) is 4.88 Å². The van der Waals surface area contributed by atoms with Gasteiger partial charge in [-0.05, 0) is 63.7 Å². The van der Waals surface area contributed by atoms with Crippen LogP contribution in [-0.2, 0) is 4.79 Å². The summed E-state index contributed by atoms with van der Waals surface area (Å²) < 4.78 is 0. The summed E-state index contributed by atoms with van der Waals surface area (Å²) in [5.41, 5.74) is 0.219. The summed E-state index contributed by atoms with van der Waals surface area (Å²) >= 11 is 1.59. The molecule has 0 N–H and O–H groups in total. The molecule has 0 unspecified atom stereocenters. The predicted molar refractivity (Wildman–Crippen MR) is 103 cm³/mol. The molecule has 1 spiro atoms. The Morgan fingerprint density at radius 3 is 2.58 bits per heavy atom. The Morgan fingerprint density at radius 1 is 1.19 bits per heavy atom. The number of aryl methyl sites for hydroxylation is 1. The molecule has 5 nitrogen and oxygen atoms in total. The number of likely N-dealkylation sites (tertiary alicyclic amines) is 3. The van der Waals surface area contributed by atoms with Gasteiger partial charge < -0.3 is 14.7 Å². The minimum Gasteiger partial charge on any atom is -0.338 e. The summed E-state index contributed by atoms with van der Waals surface area (Å²) in [5.74, 6) is 0.516. The molecule has 0 saturated carbocycles. The van der Waals surface area contributed by atoms with Gasteiger partial charge >= 0.3 is 0 Å². The summed E-state index contributed by atoms with van der Waals surface area (Å²) in [6.45, 7) is 6.67. The van der Waals surface area contributed by atoms with Crippen molar-refractivity contribution in [2.24, 2.45) is 5.41 Å². The lowest BCUT2D eigenvalue weighted by molar-refractivity contribution is -0.141. The number of hydrogen-bond acceptors (Lipinski definition) is 4. The first-order chi connectivity index (χ1) is 12.5. The Labute approximate surface area is 159 Å². The van der Waals surface area contributed by atoms with Crippen LogP contribution in [0.2, 0.25) is 0 Å². The zero-order valence-corrected chi connectivity index (χ0v) is 16.7. The molecule has 4 heterocycles. The van der Waals surface area contributed by atoms with Crippen LogP contribution in [-0.4, -0.2) is 72.3 Å². The van der Waals surface area contributed by atoms with Crippen molar-refractivity contribution in [1.82, 2.24) is 14.7 Å². The number of thiophene rings is 1. The summed E-state index contributed by atoms with van der Waals surface area (Å²) in [5, 5.41) is 0. The third-order valence-corrected chi connectivity index (χ3v) is 7.55. The molecule has 4 rings (SSSR count). The molecule has 3 fully saturated rings. The maximum absolute atomic E-state index is 12.7. The molecule has 1 atom stereocenters. The third-order valence-electron chi connectivity index (χ3n) is 6.56. The molecule has 26 heavy (non-hydrogen) atoms. The minimum absolute atomic E-state index is 0.180. The Balaban J connectivity index is 1.39. The number of rotatable bonds is 2. The van der Waals surface area contributed by atoms with Crippen molar-refractivity contribution in [3.05, 3.63) is 21.9 Å². The van der Waals surface area contributed by atoms with Gasteiger partial charge in [0.15, 0.2) is 0 Å². The van der Waals surface area contributed by atoms with Gasteiger partial charge in [-0.25, -0.2) is 0 Å². The molecule has 3 aliphatic rings. The lowest BCUT2D eigenvalue weighted by atomic mass is 9.72. The zero-order valence-electron chi connectivity index (χ0n) is 15.9. The first-order valence-corrected chi connectivity index (χ1v) is 10.6. The van der Waals surface area contributed by atoms with Crippen LogP contribution in [0.25, 0.3) is 0 Å². The molecular weight excluding hydrogens is 346 g/mol. The molecule has 3 aliphatic heterocycles. The molecule has 0 radical (unpaired) electrons. The van der Waals surface area contributed by atoms with Crippen LogP contribution in [0.4, 0.5) is 0 Å². The van der Waals surface area contributed by atoms with Gasteiger partial charge in [0.25, 0.3) is 5.91 Å². The summed E-state index contributed by atoms with van der Waals surface area (Å²) in [4.78, 5) is 33.8. The second kappa shape index (κ2) is 6.97. The first kappa shape index (κ1) is 18.0. The first-order valence-electron chi connectivity index (χ1n) is 9.80. The van der Waals surface area contributed by atoms with Crippen LogP contribution < -0.4 is 0 Å². The lowest BCUT2D eigenvalue weighted by Crippen LogP contribution is -2.55. The summed E-state index contributed by atoms with van der Waals surface area (Å²) in [6, 6.07) is 4.36. The highest BCUT2D eigenvalue weighted by Gasteiger charge is 2.44. The van der Waals surface area contributed by atoms with Crippen molar-refractivity contribution in [3.63, 3.8) is 0 Å². The Morgan fingerprint density at radius 2 is 1.96 bits per heavy atom. The number of nitrogens with zero attached hydrogens (tertiary/aromatic N) is 3. The van der Waals surface area contributed by atoms with Gasteiger partial charge in [-0.1, -0.05) is 0 Å². The molecule has 0 aliphatic carbocycles. The van der Waals surface area contributed by atoms with Crippen molar-refractivity contribution in [2.45, 2.75) is 45.1 Å². The number of hydrogen-bond donors (Lipinski definition) is 0. The standard InChI is InChI=1S/C20H29N3O2S/c1-15-3-4-17(26-15)19(25)22-11-8-20(9-12-22)7-5-18(24)23(14-20)16-6-10-21(2)13-16/h3-4,16H,5-14H2,1-2H3/t16-/m1/s1. The Bertz CT molecular complexity index is 693. The quantitative estimate of drug-likeness (QED) is 0.798.